The Balaban J connectivity index is 2.05. The van der Waals surface area contributed by atoms with Gasteiger partial charge in [0.15, 0.2) is 5.78 Å². The van der Waals surface area contributed by atoms with Crippen molar-refractivity contribution in [2.75, 3.05) is 19.6 Å². The first-order valence-corrected chi connectivity index (χ1v) is 9.37. The number of piperazine rings is 1. The molecule has 0 radical (unpaired) electrons. The van der Waals surface area contributed by atoms with Gasteiger partial charge in [-0.1, -0.05) is 42.5 Å². The van der Waals surface area contributed by atoms with Crippen LogP contribution in [0.2, 0.25) is 0 Å². The lowest BCUT2D eigenvalue weighted by molar-refractivity contribution is 0.103. The first-order chi connectivity index (χ1) is 11.5. The van der Waals surface area contributed by atoms with Crippen LogP contribution in [0.5, 0.6) is 0 Å². The second-order valence-electron chi connectivity index (χ2n) is 5.86. The number of ketones is 1. The van der Waals surface area contributed by atoms with E-state index in [1.165, 1.54) is 10.4 Å². The number of carbonyl (C=O) groups is 1. The third kappa shape index (κ3) is 3.13. The van der Waals surface area contributed by atoms with E-state index in [0.717, 1.165) is 0 Å². The normalized spacial score (nSPS) is 19.1. The van der Waals surface area contributed by atoms with E-state index >= 15 is 0 Å². The minimum atomic E-state index is -3.72. The average Bonchev–Trinajstić information content (AvgIpc) is 2.62. The van der Waals surface area contributed by atoms with Crippen LogP contribution in [0.4, 0.5) is 0 Å². The third-order valence-corrected chi connectivity index (χ3v) is 6.27. The van der Waals surface area contributed by atoms with Gasteiger partial charge < -0.3 is 5.32 Å². The molecular weight excluding hydrogens is 324 g/mol. The molecule has 6 heteroatoms. The predicted octanol–water partition coefficient (Wildman–Crippen LogP) is 1.90. The molecule has 0 spiro atoms. The maximum absolute atomic E-state index is 13.1. The predicted molar refractivity (Wildman–Crippen MR) is 92.5 cm³/mol. The smallest absolute Gasteiger partial charge is 0.244 e. The molecular formula is C18H20N2O3S. The molecule has 1 saturated heterocycles. The Bertz CT molecular complexity index is 834. The maximum atomic E-state index is 13.1. The van der Waals surface area contributed by atoms with E-state index < -0.39 is 10.0 Å². The van der Waals surface area contributed by atoms with Crippen molar-refractivity contribution in [3.8, 4) is 0 Å². The van der Waals surface area contributed by atoms with Crippen LogP contribution in [0.3, 0.4) is 0 Å². The molecule has 0 unspecified atom stereocenters. The van der Waals surface area contributed by atoms with Crippen LogP contribution in [-0.2, 0) is 10.0 Å². The number of hydrogen-bond acceptors (Lipinski definition) is 4. The van der Waals surface area contributed by atoms with Crippen molar-refractivity contribution in [2.24, 2.45) is 0 Å². The highest BCUT2D eigenvalue weighted by Gasteiger charge is 2.33. The number of carbonyl (C=O) groups excluding carboxylic acids is 1. The highest BCUT2D eigenvalue weighted by atomic mass is 32.2. The summed E-state index contributed by atoms with van der Waals surface area (Å²) in [5, 5.41) is 3.18. The van der Waals surface area contributed by atoms with Crippen LogP contribution in [0, 0.1) is 0 Å². The summed E-state index contributed by atoms with van der Waals surface area (Å²) in [6.07, 6.45) is 0. The number of nitrogens with zero attached hydrogens (tertiary/aromatic N) is 1. The molecule has 1 heterocycles. The largest absolute Gasteiger partial charge is 0.314 e. The Morgan fingerprint density at radius 1 is 1.08 bits per heavy atom. The first kappa shape index (κ1) is 16.8. The fourth-order valence-corrected chi connectivity index (χ4v) is 4.75. The number of benzene rings is 2. The Morgan fingerprint density at radius 3 is 2.46 bits per heavy atom. The number of sulfonamides is 1. The van der Waals surface area contributed by atoms with Gasteiger partial charge in [-0.05, 0) is 19.1 Å². The van der Waals surface area contributed by atoms with Crippen molar-refractivity contribution in [3.05, 3.63) is 65.7 Å². The molecule has 2 aromatic carbocycles. The monoisotopic (exact) mass is 344 g/mol. The maximum Gasteiger partial charge on any atom is 0.244 e. The van der Waals surface area contributed by atoms with Crippen molar-refractivity contribution in [2.45, 2.75) is 17.9 Å². The second kappa shape index (κ2) is 6.84. The van der Waals surface area contributed by atoms with Crippen molar-refractivity contribution in [3.63, 3.8) is 0 Å². The van der Waals surface area contributed by atoms with E-state index in [1.54, 1.807) is 42.5 Å². The zero-order chi connectivity index (χ0) is 17.2. The average molecular weight is 344 g/mol. The third-order valence-electron chi connectivity index (χ3n) is 4.19. The van der Waals surface area contributed by atoms with E-state index in [1.807, 2.05) is 13.0 Å². The lowest BCUT2D eigenvalue weighted by atomic mass is 10.0. The molecule has 24 heavy (non-hydrogen) atoms. The molecule has 1 aliphatic rings. The second-order valence-corrected chi connectivity index (χ2v) is 7.72. The summed E-state index contributed by atoms with van der Waals surface area (Å²) in [6.45, 7) is 3.48. The lowest BCUT2D eigenvalue weighted by Crippen LogP contribution is -2.52. The molecule has 2 aromatic rings. The van der Waals surface area contributed by atoms with E-state index in [2.05, 4.69) is 5.32 Å². The standard InChI is InChI=1S/C18H20N2O3S/c1-14-13-19-11-12-20(14)24(22,23)17-10-6-5-9-16(17)18(21)15-7-3-2-4-8-15/h2-10,14,19H,11-13H2,1H3/t14-/m0/s1. The van der Waals surface area contributed by atoms with Crippen LogP contribution in [-0.4, -0.2) is 44.2 Å². The van der Waals surface area contributed by atoms with Gasteiger partial charge in [-0.3, -0.25) is 4.79 Å². The van der Waals surface area contributed by atoms with E-state index in [-0.39, 0.29) is 22.3 Å². The number of nitrogens with one attached hydrogen (secondary N) is 1. The van der Waals surface area contributed by atoms with Crippen LogP contribution in [0.25, 0.3) is 0 Å². The van der Waals surface area contributed by atoms with Gasteiger partial charge in [0.2, 0.25) is 10.0 Å². The van der Waals surface area contributed by atoms with Crippen molar-refractivity contribution in [1.82, 2.24) is 9.62 Å². The van der Waals surface area contributed by atoms with Crippen molar-refractivity contribution >= 4 is 15.8 Å². The topological polar surface area (TPSA) is 66.5 Å². The summed E-state index contributed by atoms with van der Waals surface area (Å²) in [5.74, 6) is -0.280. The zero-order valence-corrected chi connectivity index (χ0v) is 14.3. The number of rotatable bonds is 4. The van der Waals surface area contributed by atoms with Gasteiger partial charge in [0.1, 0.15) is 0 Å². The molecule has 0 aliphatic carbocycles. The highest BCUT2D eigenvalue weighted by Crippen LogP contribution is 2.24. The summed E-state index contributed by atoms with van der Waals surface area (Å²) < 4.78 is 27.7. The number of hydrogen-bond donors (Lipinski definition) is 1. The summed E-state index contributed by atoms with van der Waals surface area (Å²) in [7, 11) is -3.72. The highest BCUT2D eigenvalue weighted by molar-refractivity contribution is 7.89. The summed E-state index contributed by atoms with van der Waals surface area (Å²) in [4.78, 5) is 12.9. The fourth-order valence-electron chi connectivity index (χ4n) is 2.93. The molecule has 0 amide bonds. The molecule has 0 aromatic heterocycles. The Hall–Kier alpha value is -2.02. The quantitative estimate of drug-likeness (QED) is 0.861. The van der Waals surface area contributed by atoms with Crippen LogP contribution >= 0.6 is 0 Å². The molecule has 1 N–H and O–H groups in total. The molecule has 1 aliphatic heterocycles. The Morgan fingerprint density at radius 2 is 1.75 bits per heavy atom. The minimum absolute atomic E-state index is 0.0765. The SMILES string of the molecule is C[C@H]1CNCCN1S(=O)(=O)c1ccccc1C(=O)c1ccccc1. The summed E-state index contributed by atoms with van der Waals surface area (Å²) in [6, 6.07) is 15.0. The van der Waals surface area contributed by atoms with Crippen LogP contribution in [0.1, 0.15) is 22.8 Å². The summed E-state index contributed by atoms with van der Waals surface area (Å²) >= 11 is 0. The molecule has 0 bridgehead atoms. The van der Waals surface area contributed by atoms with Gasteiger partial charge in [-0.25, -0.2) is 8.42 Å². The molecule has 1 fully saturated rings. The van der Waals surface area contributed by atoms with Gasteiger partial charge in [0.05, 0.1) is 4.90 Å². The minimum Gasteiger partial charge on any atom is -0.314 e. The van der Waals surface area contributed by atoms with E-state index in [9.17, 15) is 13.2 Å². The first-order valence-electron chi connectivity index (χ1n) is 7.93. The van der Waals surface area contributed by atoms with Crippen LogP contribution in [0.15, 0.2) is 59.5 Å². The molecule has 1 atom stereocenters. The van der Waals surface area contributed by atoms with Gasteiger partial charge >= 0.3 is 0 Å². The van der Waals surface area contributed by atoms with Gasteiger partial charge in [-0.15, -0.1) is 0 Å². The summed E-state index contributed by atoms with van der Waals surface area (Å²) in [5.41, 5.74) is 0.697. The molecule has 3 rings (SSSR count). The molecule has 126 valence electrons. The van der Waals surface area contributed by atoms with Gasteiger partial charge in [0.25, 0.3) is 0 Å². The lowest BCUT2D eigenvalue weighted by Gasteiger charge is -2.33. The van der Waals surface area contributed by atoms with Crippen molar-refractivity contribution < 1.29 is 13.2 Å². The Kier molecular flexibility index (Phi) is 4.80. The van der Waals surface area contributed by atoms with E-state index in [0.29, 0.717) is 25.2 Å². The van der Waals surface area contributed by atoms with Gasteiger partial charge in [0, 0.05) is 36.8 Å². The van der Waals surface area contributed by atoms with Gasteiger partial charge in [-0.2, -0.15) is 4.31 Å². The van der Waals surface area contributed by atoms with Crippen molar-refractivity contribution in [1.29, 1.82) is 0 Å². The zero-order valence-electron chi connectivity index (χ0n) is 13.5. The van der Waals surface area contributed by atoms with E-state index in [4.69, 9.17) is 0 Å². The Labute approximate surface area is 142 Å². The molecule has 0 saturated carbocycles. The fraction of sp³-hybridized carbons (Fsp3) is 0.278. The van der Waals surface area contributed by atoms with Crippen LogP contribution < -0.4 is 5.32 Å². The molecule has 5 nitrogen and oxygen atoms in total.